The molecule has 21 heavy (non-hydrogen) atoms. The topological polar surface area (TPSA) is 21.3 Å². The monoisotopic (exact) mass is 303 g/mol. The fourth-order valence-corrected chi connectivity index (χ4v) is 2.53. The Balaban J connectivity index is 3.07. The summed E-state index contributed by atoms with van der Waals surface area (Å²) >= 11 is 0. The lowest BCUT2D eigenvalue weighted by Gasteiger charge is -2.24. The van der Waals surface area contributed by atoms with Gasteiger partial charge in [0.05, 0.1) is 7.11 Å². The molecular formula is C16H24F3NO. The van der Waals surface area contributed by atoms with Crippen LogP contribution in [0, 0.1) is 13.8 Å². The highest BCUT2D eigenvalue weighted by Gasteiger charge is 2.30. The molecule has 0 amide bonds. The summed E-state index contributed by atoms with van der Waals surface area (Å²) in [4.78, 5) is 0. The summed E-state index contributed by atoms with van der Waals surface area (Å²) in [6, 6.07) is 3.50. The van der Waals surface area contributed by atoms with E-state index in [1.165, 1.54) is 0 Å². The van der Waals surface area contributed by atoms with Crippen LogP contribution < -0.4 is 10.1 Å². The van der Waals surface area contributed by atoms with Crippen LogP contribution in [-0.4, -0.2) is 19.8 Å². The maximum absolute atomic E-state index is 12.5. The second-order valence-electron chi connectivity index (χ2n) is 5.36. The molecule has 1 rings (SSSR count). The fourth-order valence-electron chi connectivity index (χ4n) is 2.53. The van der Waals surface area contributed by atoms with E-state index in [1.807, 2.05) is 32.9 Å². The normalized spacial score (nSPS) is 13.3. The van der Waals surface area contributed by atoms with E-state index >= 15 is 0 Å². The average molecular weight is 303 g/mol. The largest absolute Gasteiger partial charge is 0.496 e. The summed E-state index contributed by atoms with van der Waals surface area (Å²) in [5, 5.41) is 3.21. The minimum absolute atomic E-state index is 0.0176. The first-order chi connectivity index (χ1) is 9.78. The van der Waals surface area contributed by atoms with Gasteiger partial charge in [-0.3, -0.25) is 0 Å². The van der Waals surface area contributed by atoms with Gasteiger partial charge in [0.15, 0.2) is 0 Å². The number of methoxy groups -OCH3 is 1. The first kappa shape index (κ1) is 17.8. The predicted molar refractivity (Wildman–Crippen MR) is 78.8 cm³/mol. The third-order valence-corrected chi connectivity index (χ3v) is 3.42. The smallest absolute Gasteiger partial charge is 0.389 e. The molecular weight excluding hydrogens is 279 g/mol. The van der Waals surface area contributed by atoms with Crippen molar-refractivity contribution in [1.82, 2.24) is 5.32 Å². The van der Waals surface area contributed by atoms with Crippen LogP contribution in [0.2, 0.25) is 0 Å². The van der Waals surface area contributed by atoms with Crippen molar-refractivity contribution in [3.05, 3.63) is 28.8 Å². The Kier molecular flexibility index (Phi) is 6.52. The van der Waals surface area contributed by atoms with Crippen molar-refractivity contribution in [1.29, 1.82) is 0 Å². The molecule has 5 heteroatoms. The van der Waals surface area contributed by atoms with Crippen LogP contribution in [0.1, 0.15) is 48.9 Å². The van der Waals surface area contributed by atoms with Crippen molar-refractivity contribution < 1.29 is 17.9 Å². The van der Waals surface area contributed by atoms with Crippen molar-refractivity contribution in [2.75, 3.05) is 13.7 Å². The van der Waals surface area contributed by atoms with Crippen LogP contribution in [0.25, 0.3) is 0 Å². The highest BCUT2D eigenvalue weighted by molar-refractivity contribution is 5.45. The number of ether oxygens (including phenoxy) is 1. The Labute approximate surface area is 124 Å². The molecule has 1 N–H and O–H groups in total. The molecule has 1 aromatic carbocycles. The Morgan fingerprint density at radius 1 is 1.24 bits per heavy atom. The molecule has 0 aliphatic rings. The van der Waals surface area contributed by atoms with Crippen molar-refractivity contribution in [2.45, 2.75) is 52.3 Å². The zero-order valence-corrected chi connectivity index (χ0v) is 13.1. The summed E-state index contributed by atoms with van der Waals surface area (Å²) in [6.07, 6.45) is -4.05. The van der Waals surface area contributed by atoms with Gasteiger partial charge in [-0.2, -0.15) is 13.2 Å². The molecule has 120 valence electrons. The molecule has 0 aliphatic heterocycles. The Hall–Kier alpha value is -1.23. The Morgan fingerprint density at radius 3 is 2.43 bits per heavy atom. The molecule has 0 saturated heterocycles. The van der Waals surface area contributed by atoms with E-state index in [4.69, 9.17) is 4.74 Å². The van der Waals surface area contributed by atoms with Crippen molar-refractivity contribution in [2.24, 2.45) is 0 Å². The van der Waals surface area contributed by atoms with Crippen LogP contribution in [0.3, 0.4) is 0 Å². The van der Waals surface area contributed by atoms with E-state index in [0.29, 0.717) is 12.3 Å². The quantitative estimate of drug-likeness (QED) is 0.788. The maximum atomic E-state index is 12.5. The van der Waals surface area contributed by atoms with Crippen molar-refractivity contribution in [3.8, 4) is 5.75 Å². The lowest BCUT2D eigenvalue weighted by atomic mass is 9.94. The molecule has 0 aliphatic carbocycles. The number of benzene rings is 1. The summed E-state index contributed by atoms with van der Waals surface area (Å²) in [5.41, 5.74) is 2.83. The van der Waals surface area contributed by atoms with Crippen LogP contribution in [0.4, 0.5) is 13.2 Å². The van der Waals surface area contributed by atoms with Gasteiger partial charge >= 0.3 is 6.18 Å². The number of hydrogen-bond acceptors (Lipinski definition) is 2. The molecule has 0 heterocycles. The van der Waals surface area contributed by atoms with Crippen molar-refractivity contribution in [3.63, 3.8) is 0 Å². The molecule has 1 unspecified atom stereocenters. The van der Waals surface area contributed by atoms with Gasteiger partial charge in [-0.1, -0.05) is 13.0 Å². The lowest BCUT2D eigenvalue weighted by Crippen LogP contribution is -2.25. The molecule has 0 radical (unpaired) electrons. The van der Waals surface area contributed by atoms with Crippen molar-refractivity contribution >= 4 is 0 Å². The van der Waals surface area contributed by atoms with Gasteiger partial charge in [0.2, 0.25) is 0 Å². The highest BCUT2D eigenvalue weighted by Crippen LogP contribution is 2.35. The molecule has 0 bridgehead atoms. The second-order valence-corrected chi connectivity index (χ2v) is 5.36. The molecule has 0 fully saturated rings. The van der Waals surface area contributed by atoms with E-state index in [0.717, 1.165) is 23.1 Å². The van der Waals surface area contributed by atoms with Gasteiger partial charge in [-0.05, 0) is 50.4 Å². The van der Waals surface area contributed by atoms with Crippen LogP contribution in [0.15, 0.2) is 12.1 Å². The number of aryl methyl sites for hydroxylation is 2. The molecule has 0 saturated carbocycles. The first-order valence-corrected chi connectivity index (χ1v) is 7.23. The first-order valence-electron chi connectivity index (χ1n) is 7.23. The zero-order valence-electron chi connectivity index (χ0n) is 13.1. The standard InChI is InChI=1S/C16H24F3NO/c1-5-8-20-13(6-7-16(17,18)19)15-12(3)9-11(2)10-14(15)21-4/h9-10,13,20H,5-8H2,1-4H3. The number of nitrogens with one attached hydrogen (secondary N) is 1. The Morgan fingerprint density at radius 2 is 1.90 bits per heavy atom. The summed E-state index contributed by atoms with van der Waals surface area (Å²) in [6.45, 7) is 6.54. The molecule has 0 aromatic heterocycles. The Bertz CT molecular complexity index is 458. The molecule has 1 atom stereocenters. The van der Waals surface area contributed by atoms with Gasteiger partial charge < -0.3 is 10.1 Å². The number of hydrogen-bond donors (Lipinski definition) is 1. The van der Waals surface area contributed by atoms with E-state index in [-0.39, 0.29) is 12.5 Å². The van der Waals surface area contributed by atoms with Crippen LogP contribution >= 0.6 is 0 Å². The lowest BCUT2D eigenvalue weighted by molar-refractivity contribution is -0.136. The van der Waals surface area contributed by atoms with Gasteiger partial charge in [0.25, 0.3) is 0 Å². The van der Waals surface area contributed by atoms with E-state index in [9.17, 15) is 13.2 Å². The van der Waals surface area contributed by atoms with E-state index < -0.39 is 12.6 Å². The number of alkyl halides is 3. The molecule has 2 nitrogen and oxygen atoms in total. The average Bonchev–Trinajstić information content (AvgIpc) is 2.38. The van der Waals surface area contributed by atoms with Gasteiger partial charge in [-0.25, -0.2) is 0 Å². The summed E-state index contributed by atoms with van der Waals surface area (Å²) < 4.78 is 43.0. The highest BCUT2D eigenvalue weighted by atomic mass is 19.4. The summed E-state index contributed by atoms with van der Waals surface area (Å²) in [7, 11) is 1.55. The number of rotatable bonds is 7. The van der Waals surface area contributed by atoms with Crippen LogP contribution in [-0.2, 0) is 0 Å². The number of halogens is 3. The van der Waals surface area contributed by atoms with Crippen LogP contribution in [0.5, 0.6) is 5.75 Å². The maximum Gasteiger partial charge on any atom is 0.389 e. The second kappa shape index (κ2) is 7.69. The SMILES string of the molecule is CCCNC(CCC(F)(F)F)c1c(C)cc(C)cc1OC. The van der Waals surface area contributed by atoms with E-state index in [2.05, 4.69) is 5.32 Å². The van der Waals surface area contributed by atoms with Gasteiger partial charge in [0, 0.05) is 18.0 Å². The van der Waals surface area contributed by atoms with Gasteiger partial charge in [0.1, 0.15) is 5.75 Å². The molecule has 1 aromatic rings. The summed E-state index contributed by atoms with van der Waals surface area (Å²) in [5.74, 6) is 0.656. The predicted octanol–water partition coefficient (Wildman–Crippen LogP) is 4.70. The van der Waals surface area contributed by atoms with E-state index in [1.54, 1.807) is 7.11 Å². The minimum atomic E-state index is -4.14. The third kappa shape index (κ3) is 5.58. The molecule has 0 spiro atoms. The fraction of sp³-hybridized carbons (Fsp3) is 0.625. The third-order valence-electron chi connectivity index (χ3n) is 3.42. The van der Waals surface area contributed by atoms with Gasteiger partial charge in [-0.15, -0.1) is 0 Å². The minimum Gasteiger partial charge on any atom is -0.496 e. The zero-order chi connectivity index (χ0) is 16.0.